The molecular formula is C20H26O5. The Morgan fingerprint density at radius 3 is 1.68 bits per heavy atom. The summed E-state index contributed by atoms with van der Waals surface area (Å²) in [6.07, 6.45) is -1.19. The third-order valence-corrected chi connectivity index (χ3v) is 3.46. The summed E-state index contributed by atoms with van der Waals surface area (Å²) in [5, 5.41) is 10.1. The maximum atomic E-state index is 12.2. The molecule has 0 radical (unpaired) electrons. The number of carbonyl (C=O) groups is 1. The molecule has 0 saturated carbocycles. The van der Waals surface area contributed by atoms with E-state index in [0.717, 1.165) is 13.2 Å². The molecule has 0 aromatic heterocycles. The van der Waals surface area contributed by atoms with E-state index in [9.17, 15) is 9.90 Å². The van der Waals surface area contributed by atoms with Crippen LogP contribution in [0.3, 0.4) is 0 Å². The topological polar surface area (TPSA) is 65.0 Å². The van der Waals surface area contributed by atoms with Gasteiger partial charge in [0.15, 0.2) is 5.78 Å². The van der Waals surface area contributed by atoms with E-state index in [0.29, 0.717) is 22.6 Å². The van der Waals surface area contributed by atoms with Crippen LogP contribution < -0.4 is 9.47 Å². The quantitative estimate of drug-likeness (QED) is 0.775. The number of benzene rings is 2. The van der Waals surface area contributed by atoms with Crippen molar-refractivity contribution >= 4 is 5.78 Å². The molecule has 0 fully saturated rings. The van der Waals surface area contributed by atoms with Crippen molar-refractivity contribution in [3.8, 4) is 11.5 Å². The van der Waals surface area contributed by atoms with Crippen molar-refractivity contribution in [3.05, 3.63) is 59.7 Å². The maximum Gasteiger partial charge on any atom is 0.195 e. The number of hydrogen-bond donors (Lipinski definition) is 1. The highest BCUT2D eigenvalue weighted by atomic mass is 16.5. The minimum atomic E-state index is -1.19. The van der Waals surface area contributed by atoms with Crippen LogP contribution in [0, 0.1) is 0 Å². The second-order valence-electron chi connectivity index (χ2n) is 5.05. The van der Waals surface area contributed by atoms with Crippen LogP contribution in [0.15, 0.2) is 48.5 Å². The van der Waals surface area contributed by atoms with E-state index in [1.165, 1.54) is 0 Å². The van der Waals surface area contributed by atoms with Gasteiger partial charge in [0.2, 0.25) is 0 Å². The highest BCUT2D eigenvalue weighted by Gasteiger charge is 2.19. The summed E-state index contributed by atoms with van der Waals surface area (Å²) in [6, 6.07) is 13.4. The lowest BCUT2D eigenvalue weighted by atomic mass is 10.00. The van der Waals surface area contributed by atoms with E-state index < -0.39 is 6.10 Å². The molecule has 2 aromatic rings. The fourth-order valence-electron chi connectivity index (χ4n) is 2.05. The highest BCUT2D eigenvalue weighted by Crippen LogP contribution is 2.22. The fraction of sp³-hybridized carbons (Fsp3) is 0.350. The summed E-state index contributed by atoms with van der Waals surface area (Å²) in [6.45, 7) is 5.67. The Morgan fingerprint density at radius 2 is 1.32 bits per heavy atom. The van der Waals surface area contributed by atoms with Crippen LogP contribution in [0.25, 0.3) is 0 Å². The van der Waals surface area contributed by atoms with Crippen molar-refractivity contribution in [2.45, 2.75) is 20.0 Å². The van der Waals surface area contributed by atoms with Gasteiger partial charge in [-0.3, -0.25) is 4.79 Å². The van der Waals surface area contributed by atoms with Crippen molar-refractivity contribution in [1.82, 2.24) is 0 Å². The van der Waals surface area contributed by atoms with E-state index in [4.69, 9.17) is 14.2 Å². The predicted molar refractivity (Wildman–Crippen MR) is 97.4 cm³/mol. The lowest BCUT2D eigenvalue weighted by molar-refractivity contribution is 0.0747. The molecule has 0 amide bonds. The second kappa shape index (κ2) is 11.2. The third kappa shape index (κ3) is 6.57. The fourth-order valence-corrected chi connectivity index (χ4v) is 2.05. The Kier molecular flexibility index (Phi) is 9.29. The summed E-state index contributed by atoms with van der Waals surface area (Å²) in [5.41, 5.74) is 0.973. The molecule has 136 valence electrons. The number of hydrogen-bond acceptors (Lipinski definition) is 5. The number of ether oxygens (including phenoxy) is 3. The van der Waals surface area contributed by atoms with Gasteiger partial charge in [0, 0.05) is 18.8 Å². The maximum absolute atomic E-state index is 12.2. The monoisotopic (exact) mass is 346 g/mol. The summed E-state index contributed by atoms with van der Waals surface area (Å²) in [7, 11) is 3.12. The first-order valence-corrected chi connectivity index (χ1v) is 8.15. The molecule has 2 rings (SSSR count). The first-order valence-electron chi connectivity index (χ1n) is 8.15. The van der Waals surface area contributed by atoms with Gasteiger partial charge in [-0.2, -0.15) is 0 Å². The molecule has 5 nitrogen and oxygen atoms in total. The van der Waals surface area contributed by atoms with Crippen molar-refractivity contribution in [3.63, 3.8) is 0 Å². The molecule has 1 unspecified atom stereocenters. The summed E-state index contributed by atoms with van der Waals surface area (Å²) < 4.78 is 14.9. The molecule has 0 aliphatic carbocycles. The average molecular weight is 346 g/mol. The molecule has 0 aliphatic rings. The van der Waals surface area contributed by atoms with E-state index in [2.05, 4.69) is 0 Å². The van der Waals surface area contributed by atoms with Gasteiger partial charge >= 0.3 is 0 Å². The molecule has 5 heteroatoms. The van der Waals surface area contributed by atoms with Gasteiger partial charge in [-0.15, -0.1) is 0 Å². The molecule has 0 spiro atoms. The van der Waals surface area contributed by atoms with Crippen LogP contribution in [-0.4, -0.2) is 38.3 Å². The smallest absolute Gasteiger partial charge is 0.195 e. The van der Waals surface area contributed by atoms with Crippen LogP contribution in [0.1, 0.15) is 35.9 Å². The SMILES string of the molecule is CCOCC.COc1ccc(C(=O)C(O)c2ccc(OC)cc2)cc1. The molecule has 2 aromatic carbocycles. The zero-order valence-electron chi connectivity index (χ0n) is 15.2. The second-order valence-corrected chi connectivity index (χ2v) is 5.05. The standard InChI is InChI=1S/C16H16O4.C4H10O/c1-19-13-7-3-11(4-8-13)15(17)16(18)12-5-9-14(20-2)10-6-12;1-3-5-4-2/h3-10,15,17H,1-2H3;3-4H2,1-2H3. The largest absolute Gasteiger partial charge is 0.497 e. The van der Waals surface area contributed by atoms with Crippen molar-refractivity contribution in [2.24, 2.45) is 0 Å². The predicted octanol–water partition coefficient (Wildman–Crippen LogP) is 3.66. The number of methoxy groups -OCH3 is 2. The van der Waals surface area contributed by atoms with Gasteiger partial charge in [0.25, 0.3) is 0 Å². The van der Waals surface area contributed by atoms with Crippen molar-refractivity contribution < 1.29 is 24.1 Å². The third-order valence-electron chi connectivity index (χ3n) is 3.46. The zero-order chi connectivity index (χ0) is 18.7. The normalized spacial score (nSPS) is 11.1. The molecular weight excluding hydrogens is 320 g/mol. The Balaban J connectivity index is 0.000000550. The Bertz CT molecular complexity index is 618. The van der Waals surface area contributed by atoms with Gasteiger partial charge in [-0.05, 0) is 55.8 Å². The molecule has 0 aliphatic heterocycles. The molecule has 0 bridgehead atoms. The van der Waals surface area contributed by atoms with E-state index in [1.807, 2.05) is 13.8 Å². The lowest BCUT2D eigenvalue weighted by Crippen LogP contribution is -2.12. The minimum Gasteiger partial charge on any atom is -0.497 e. The molecule has 1 N–H and O–H groups in total. The minimum absolute atomic E-state index is 0.349. The van der Waals surface area contributed by atoms with Crippen molar-refractivity contribution in [2.75, 3.05) is 27.4 Å². The number of Topliss-reactive ketones (excluding diaryl/α,β-unsaturated/α-hetero) is 1. The summed E-state index contributed by atoms with van der Waals surface area (Å²) >= 11 is 0. The van der Waals surface area contributed by atoms with E-state index >= 15 is 0 Å². The molecule has 0 heterocycles. The summed E-state index contributed by atoms with van der Waals surface area (Å²) in [4.78, 5) is 12.2. The van der Waals surface area contributed by atoms with E-state index in [1.54, 1.807) is 62.8 Å². The van der Waals surface area contributed by atoms with Crippen LogP contribution >= 0.6 is 0 Å². The average Bonchev–Trinajstić information content (AvgIpc) is 2.68. The van der Waals surface area contributed by atoms with Crippen LogP contribution in [0.2, 0.25) is 0 Å². The van der Waals surface area contributed by atoms with Crippen LogP contribution in [0.5, 0.6) is 11.5 Å². The van der Waals surface area contributed by atoms with Gasteiger partial charge < -0.3 is 19.3 Å². The Morgan fingerprint density at radius 1 is 0.880 bits per heavy atom. The number of aliphatic hydroxyl groups excluding tert-OH is 1. The highest BCUT2D eigenvalue weighted by molar-refractivity contribution is 5.99. The molecule has 1 atom stereocenters. The number of aliphatic hydroxyl groups is 1. The van der Waals surface area contributed by atoms with Gasteiger partial charge in [-0.25, -0.2) is 0 Å². The van der Waals surface area contributed by atoms with E-state index in [-0.39, 0.29) is 5.78 Å². The zero-order valence-corrected chi connectivity index (χ0v) is 15.2. The number of rotatable bonds is 7. The van der Waals surface area contributed by atoms with Crippen LogP contribution in [-0.2, 0) is 4.74 Å². The Hall–Kier alpha value is -2.37. The van der Waals surface area contributed by atoms with Gasteiger partial charge in [-0.1, -0.05) is 12.1 Å². The van der Waals surface area contributed by atoms with Crippen molar-refractivity contribution in [1.29, 1.82) is 0 Å². The first-order chi connectivity index (χ1) is 12.1. The van der Waals surface area contributed by atoms with Gasteiger partial charge in [0.1, 0.15) is 17.6 Å². The molecule has 0 saturated heterocycles. The van der Waals surface area contributed by atoms with Crippen LogP contribution in [0.4, 0.5) is 0 Å². The summed E-state index contributed by atoms with van der Waals surface area (Å²) in [5.74, 6) is 0.996. The molecule has 25 heavy (non-hydrogen) atoms. The Labute approximate surface area is 149 Å². The van der Waals surface area contributed by atoms with Gasteiger partial charge in [0.05, 0.1) is 14.2 Å². The first kappa shape index (κ1) is 20.7. The number of carbonyl (C=O) groups excluding carboxylic acids is 1. The lowest BCUT2D eigenvalue weighted by Gasteiger charge is -2.11. The number of ketones is 1.